The maximum atomic E-state index is 13.9. The third kappa shape index (κ3) is 2.86. The lowest BCUT2D eigenvalue weighted by Gasteiger charge is -2.23. The molecule has 2 aromatic heterocycles. The van der Waals surface area contributed by atoms with Gasteiger partial charge in [0.2, 0.25) is 0 Å². The van der Waals surface area contributed by atoms with E-state index in [0.29, 0.717) is 0 Å². The second-order valence-corrected chi connectivity index (χ2v) is 5.27. The van der Waals surface area contributed by atoms with Crippen molar-refractivity contribution in [3.8, 4) is 11.3 Å². The smallest absolute Gasteiger partial charge is 0.357 e. The highest BCUT2D eigenvalue weighted by molar-refractivity contribution is 5.98. The molecular weight excluding hydrogens is 318 g/mol. The van der Waals surface area contributed by atoms with Gasteiger partial charge in [0, 0.05) is 35.6 Å². The summed E-state index contributed by atoms with van der Waals surface area (Å²) in [5.74, 6) is -2.59. The maximum Gasteiger partial charge on any atom is 0.389 e. The fourth-order valence-electron chi connectivity index (χ4n) is 2.66. The molecule has 3 N–H and O–H groups in total. The van der Waals surface area contributed by atoms with E-state index in [2.05, 4.69) is 15.3 Å². The third-order valence-corrected chi connectivity index (χ3v) is 3.68. The Morgan fingerprint density at radius 2 is 1.96 bits per heavy atom. The number of H-pyrrole nitrogens is 2. The zero-order valence-corrected chi connectivity index (χ0v) is 11.6. The minimum absolute atomic E-state index is 0.0279. The summed E-state index contributed by atoms with van der Waals surface area (Å²) in [6.45, 7) is -0.164. The van der Waals surface area contributed by atoms with Crippen molar-refractivity contribution in [2.45, 2.75) is 18.5 Å². The number of aromatic amines is 2. The molecule has 3 heterocycles. The van der Waals surface area contributed by atoms with Gasteiger partial charge in [0.25, 0.3) is 11.5 Å². The van der Waals surface area contributed by atoms with Gasteiger partial charge in [0.05, 0.1) is 12.0 Å². The van der Waals surface area contributed by atoms with Gasteiger partial charge < -0.3 is 15.3 Å². The number of carbonyl (C=O) groups is 1. The summed E-state index contributed by atoms with van der Waals surface area (Å²) >= 11 is 0. The first-order valence-electron chi connectivity index (χ1n) is 6.71. The molecule has 0 saturated carbocycles. The number of hydrogen-bond donors (Lipinski definition) is 3. The van der Waals surface area contributed by atoms with E-state index in [9.17, 15) is 27.2 Å². The van der Waals surface area contributed by atoms with Crippen LogP contribution in [0.5, 0.6) is 0 Å². The quantitative estimate of drug-likeness (QED) is 0.739. The van der Waals surface area contributed by atoms with Gasteiger partial charge in [-0.25, -0.2) is 4.39 Å². The Morgan fingerprint density at radius 1 is 1.22 bits per heavy atom. The zero-order valence-electron chi connectivity index (χ0n) is 11.6. The highest BCUT2D eigenvalue weighted by atomic mass is 19.4. The van der Waals surface area contributed by atoms with Gasteiger partial charge in [-0.05, 0) is 12.1 Å². The van der Waals surface area contributed by atoms with E-state index in [4.69, 9.17) is 0 Å². The summed E-state index contributed by atoms with van der Waals surface area (Å²) in [6, 6.07) is 2.52. The monoisotopic (exact) mass is 329 g/mol. The Hall–Kier alpha value is -2.58. The molecule has 2 aromatic rings. The average molecular weight is 329 g/mol. The normalized spacial score (nSPS) is 17.7. The van der Waals surface area contributed by atoms with E-state index in [1.807, 2.05) is 0 Å². The lowest BCUT2D eigenvalue weighted by molar-refractivity contribution is -0.138. The van der Waals surface area contributed by atoms with Crippen LogP contribution in [-0.2, 0) is 0 Å². The number of pyridine rings is 1. The molecular formula is C14H11F4N3O2. The molecule has 1 atom stereocenters. The molecule has 0 saturated heterocycles. The van der Waals surface area contributed by atoms with Gasteiger partial charge in [-0.15, -0.1) is 0 Å². The molecule has 0 radical (unpaired) electrons. The molecule has 1 aliphatic rings. The molecule has 1 amide bonds. The topological polar surface area (TPSA) is 77.8 Å². The van der Waals surface area contributed by atoms with E-state index >= 15 is 0 Å². The van der Waals surface area contributed by atoms with Crippen LogP contribution in [0.25, 0.3) is 11.3 Å². The highest BCUT2D eigenvalue weighted by Gasteiger charge is 2.37. The molecule has 9 heteroatoms. The van der Waals surface area contributed by atoms with E-state index in [1.165, 1.54) is 18.3 Å². The molecule has 5 nitrogen and oxygen atoms in total. The number of alkyl halides is 3. The second-order valence-electron chi connectivity index (χ2n) is 5.27. The molecule has 0 spiro atoms. The summed E-state index contributed by atoms with van der Waals surface area (Å²) in [4.78, 5) is 27.9. The van der Waals surface area contributed by atoms with E-state index in [-0.39, 0.29) is 29.1 Å². The first-order valence-corrected chi connectivity index (χ1v) is 6.71. The molecule has 1 unspecified atom stereocenters. The van der Waals surface area contributed by atoms with Crippen molar-refractivity contribution in [1.82, 2.24) is 15.3 Å². The van der Waals surface area contributed by atoms with Crippen molar-refractivity contribution in [2.75, 3.05) is 6.54 Å². The second kappa shape index (κ2) is 5.25. The van der Waals surface area contributed by atoms with Crippen LogP contribution in [0.2, 0.25) is 0 Å². The van der Waals surface area contributed by atoms with Crippen molar-refractivity contribution < 1.29 is 22.4 Å². The predicted molar refractivity (Wildman–Crippen MR) is 72.6 cm³/mol. The van der Waals surface area contributed by atoms with Gasteiger partial charge in [-0.1, -0.05) is 0 Å². The number of hydrogen-bond acceptors (Lipinski definition) is 2. The maximum absolute atomic E-state index is 13.9. The Labute approximate surface area is 126 Å². The molecule has 0 fully saturated rings. The summed E-state index contributed by atoms with van der Waals surface area (Å²) < 4.78 is 51.8. The number of rotatable bonds is 2. The van der Waals surface area contributed by atoms with Gasteiger partial charge in [0.15, 0.2) is 5.82 Å². The van der Waals surface area contributed by atoms with Crippen LogP contribution in [0.3, 0.4) is 0 Å². The van der Waals surface area contributed by atoms with Crippen LogP contribution in [0, 0.1) is 5.82 Å². The van der Waals surface area contributed by atoms with E-state index < -0.39 is 35.8 Å². The zero-order chi connectivity index (χ0) is 16.8. The van der Waals surface area contributed by atoms with Crippen molar-refractivity contribution in [1.29, 1.82) is 0 Å². The van der Waals surface area contributed by atoms with Crippen molar-refractivity contribution in [3.63, 3.8) is 0 Å². The lowest BCUT2D eigenvalue weighted by atomic mass is 9.94. The van der Waals surface area contributed by atoms with Crippen LogP contribution < -0.4 is 10.9 Å². The van der Waals surface area contributed by atoms with Crippen LogP contribution in [0.1, 0.15) is 28.4 Å². The number of amides is 1. The molecule has 23 heavy (non-hydrogen) atoms. The Morgan fingerprint density at radius 3 is 2.65 bits per heavy atom. The van der Waals surface area contributed by atoms with Gasteiger partial charge >= 0.3 is 6.18 Å². The van der Waals surface area contributed by atoms with Gasteiger partial charge in [0.1, 0.15) is 0 Å². The molecule has 0 bridgehead atoms. The molecule has 1 aliphatic heterocycles. The summed E-state index contributed by atoms with van der Waals surface area (Å²) in [5.41, 5.74) is -0.850. The number of fused-ring (bicyclic) bond motifs is 1. The Kier molecular flexibility index (Phi) is 3.50. The molecule has 122 valence electrons. The summed E-state index contributed by atoms with van der Waals surface area (Å²) in [5, 5.41) is 2.38. The number of nitrogens with one attached hydrogen (secondary N) is 3. The minimum atomic E-state index is -4.40. The first kappa shape index (κ1) is 15.3. The van der Waals surface area contributed by atoms with Gasteiger partial charge in [-0.3, -0.25) is 9.59 Å². The third-order valence-electron chi connectivity index (χ3n) is 3.68. The van der Waals surface area contributed by atoms with Crippen LogP contribution in [-0.4, -0.2) is 28.6 Å². The molecule has 0 aromatic carbocycles. The molecule has 0 aliphatic carbocycles. The number of aromatic nitrogens is 2. The van der Waals surface area contributed by atoms with E-state index in [1.54, 1.807) is 0 Å². The number of carbonyl (C=O) groups excluding carboxylic acids is 1. The van der Waals surface area contributed by atoms with E-state index in [0.717, 1.165) is 0 Å². The minimum Gasteiger partial charge on any atom is -0.357 e. The van der Waals surface area contributed by atoms with Gasteiger partial charge in [-0.2, -0.15) is 13.2 Å². The predicted octanol–water partition coefficient (Wildman–Crippen LogP) is 2.29. The van der Waals surface area contributed by atoms with Crippen molar-refractivity contribution in [3.05, 3.63) is 45.8 Å². The fourth-order valence-corrected chi connectivity index (χ4v) is 2.66. The summed E-state index contributed by atoms with van der Waals surface area (Å²) in [6.07, 6.45) is -4.30. The average Bonchev–Trinajstić information content (AvgIpc) is 2.90. The standard InChI is InChI=1S/C14H11F4N3O2/c15-10-7(1-2-19-13(10)23)9-3-8-11(21-9)6(4-14(16,17)18)5-20-12(8)22/h1-3,6,21H,4-5H2,(H,19,23)(H,20,22). The fraction of sp³-hybridized carbons (Fsp3) is 0.286. The highest BCUT2D eigenvalue weighted by Crippen LogP contribution is 2.36. The Bertz CT molecular complexity index is 822. The molecule has 3 rings (SSSR count). The summed E-state index contributed by atoms with van der Waals surface area (Å²) in [7, 11) is 0. The van der Waals surface area contributed by atoms with Crippen LogP contribution >= 0.6 is 0 Å². The van der Waals surface area contributed by atoms with Crippen molar-refractivity contribution >= 4 is 5.91 Å². The largest absolute Gasteiger partial charge is 0.389 e. The van der Waals surface area contributed by atoms with Crippen molar-refractivity contribution in [2.24, 2.45) is 0 Å². The SMILES string of the molecule is O=C1NCC(CC(F)(F)F)c2[nH]c(-c3cc[nH]c(=O)c3F)cc21. The van der Waals surface area contributed by atoms with Crippen LogP contribution in [0.15, 0.2) is 23.1 Å². The first-order chi connectivity index (χ1) is 10.8. The Balaban J connectivity index is 2.07. The van der Waals surface area contributed by atoms with Crippen LogP contribution in [0.4, 0.5) is 17.6 Å². The lowest BCUT2D eigenvalue weighted by Crippen LogP contribution is -2.36. The number of halogens is 4.